The minimum atomic E-state index is 0.0530. The first kappa shape index (κ1) is 18.8. The van der Waals surface area contributed by atoms with E-state index in [1.165, 1.54) is 16.6 Å². The van der Waals surface area contributed by atoms with Crippen molar-refractivity contribution in [3.8, 4) is 5.75 Å². The maximum Gasteiger partial charge on any atom is 0.230 e. The molecule has 0 saturated carbocycles. The Balaban J connectivity index is 1.78. The average molecular weight is 365 g/mol. The lowest BCUT2D eigenvalue weighted by atomic mass is 10.2. The number of thioether (sulfide) groups is 1. The molecular weight excluding hydrogens is 340 g/mol. The Hall–Kier alpha value is -1.50. The minimum Gasteiger partial charge on any atom is -0.494 e. The molecular formula is C18H24N2O2S2. The zero-order valence-electron chi connectivity index (χ0n) is 14.3. The summed E-state index contributed by atoms with van der Waals surface area (Å²) in [5.74, 6) is 1.33. The Kier molecular flexibility index (Phi) is 7.62. The first-order chi connectivity index (χ1) is 11.6. The summed E-state index contributed by atoms with van der Waals surface area (Å²) in [6.07, 6.45) is 0. The fourth-order valence-electron chi connectivity index (χ4n) is 2.23. The van der Waals surface area contributed by atoms with E-state index in [2.05, 4.69) is 21.7 Å². The predicted molar refractivity (Wildman–Crippen MR) is 102 cm³/mol. The largest absolute Gasteiger partial charge is 0.494 e. The van der Waals surface area contributed by atoms with Crippen molar-refractivity contribution in [2.24, 2.45) is 0 Å². The van der Waals surface area contributed by atoms with Gasteiger partial charge in [0.25, 0.3) is 0 Å². The van der Waals surface area contributed by atoms with Crippen molar-refractivity contribution in [3.63, 3.8) is 0 Å². The molecule has 2 aromatic rings. The number of carbonyl (C=O) groups excluding carboxylic acids is 1. The van der Waals surface area contributed by atoms with Crippen LogP contribution in [0, 0.1) is 0 Å². The molecule has 1 aromatic heterocycles. The Labute approximate surface area is 152 Å². The van der Waals surface area contributed by atoms with E-state index < -0.39 is 0 Å². The molecule has 1 unspecified atom stereocenters. The molecule has 130 valence electrons. The summed E-state index contributed by atoms with van der Waals surface area (Å²) >= 11 is 3.25. The molecule has 0 spiro atoms. The van der Waals surface area contributed by atoms with E-state index in [1.807, 2.05) is 51.4 Å². The van der Waals surface area contributed by atoms with E-state index in [9.17, 15) is 4.79 Å². The number of amides is 1. The van der Waals surface area contributed by atoms with E-state index >= 15 is 0 Å². The highest BCUT2D eigenvalue weighted by molar-refractivity contribution is 8.00. The highest BCUT2D eigenvalue weighted by atomic mass is 32.2. The van der Waals surface area contributed by atoms with Gasteiger partial charge >= 0.3 is 0 Å². The number of benzene rings is 1. The molecule has 0 bridgehead atoms. The summed E-state index contributed by atoms with van der Waals surface area (Å²) in [5, 5.41) is 5.10. The quantitative estimate of drug-likeness (QED) is 0.690. The number of hydrogen-bond acceptors (Lipinski definition) is 5. The maximum atomic E-state index is 12.1. The van der Waals surface area contributed by atoms with Crippen LogP contribution in [0.5, 0.6) is 5.75 Å². The molecule has 2 rings (SSSR count). The van der Waals surface area contributed by atoms with Crippen LogP contribution in [0.4, 0.5) is 0 Å². The number of rotatable bonds is 9. The summed E-state index contributed by atoms with van der Waals surface area (Å²) in [6.45, 7) is 3.24. The van der Waals surface area contributed by atoms with Crippen molar-refractivity contribution in [2.75, 3.05) is 33.0 Å². The molecule has 0 aliphatic rings. The number of hydrogen-bond donors (Lipinski definition) is 1. The van der Waals surface area contributed by atoms with Crippen molar-refractivity contribution in [1.82, 2.24) is 10.2 Å². The molecule has 4 nitrogen and oxygen atoms in total. The summed E-state index contributed by atoms with van der Waals surface area (Å²) in [7, 11) is 4.07. The third kappa shape index (κ3) is 5.85. The SMILES string of the molecule is CCOc1ccc(SCC(=O)NCC(c2cccs2)N(C)C)cc1. The fourth-order valence-corrected chi connectivity index (χ4v) is 3.88. The van der Waals surface area contributed by atoms with Crippen LogP contribution in [0.1, 0.15) is 17.8 Å². The number of nitrogens with one attached hydrogen (secondary N) is 1. The molecule has 1 atom stereocenters. The molecule has 1 amide bonds. The topological polar surface area (TPSA) is 41.6 Å². The Bertz CT molecular complexity index is 612. The van der Waals surface area contributed by atoms with Crippen LogP contribution in [-0.4, -0.2) is 43.8 Å². The van der Waals surface area contributed by atoms with Gasteiger partial charge in [0.1, 0.15) is 5.75 Å². The van der Waals surface area contributed by atoms with E-state index in [-0.39, 0.29) is 11.9 Å². The maximum absolute atomic E-state index is 12.1. The van der Waals surface area contributed by atoms with Crippen molar-refractivity contribution in [1.29, 1.82) is 0 Å². The zero-order valence-corrected chi connectivity index (χ0v) is 16.0. The Morgan fingerprint density at radius 3 is 2.62 bits per heavy atom. The lowest BCUT2D eigenvalue weighted by molar-refractivity contribution is -0.118. The lowest BCUT2D eigenvalue weighted by Crippen LogP contribution is -2.35. The van der Waals surface area contributed by atoms with Gasteiger partial charge in [-0.1, -0.05) is 6.07 Å². The smallest absolute Gasteiger partial charge is 0.230 e. The van der Waals surface area contributed by atoms with E-state index in [4.69, 9.17) is 4.74 Å². The van der Waals surface area contributed by atoms with Crippen LogP contribution in [0.3, 0.4) is 0 Å². The van der Waals surface area contributed by atoms with Crippen LogP contribution in [0.2, 0.25) is 0 Å². The second kappa shape index (κ2) is 9.71. The van der Waals surface area contributed by atoms with Crippen molar-refractivity contribution >= 4 is 29.0 Å². The molecule has 0 fully saturated rings. The Morgan fingerprint density at radius 2 is 2.04 bits per heavy atom. The summed E-state index contributed by atoms with van der Waals surface area (Å²) in [4.78, 5) is 16.6. The van der Waals surface area contributed by atoms with Gasteiger partial charge in [-0.05, 0) is 56.7 Å². The third-order valence-electron chi connectivity index (χ3n) is 3.49. The first-order valence-corrected chi connectivity index (χ1v) is 9.79. The van der Waals surface area contributed by atoms with Gasteiger partial charge in [0, 0.05) is 16.3 Å². The Morgan fingerprint density at radius 1 is 1.29 bits per heavy atom. The zero-order chi connectivity index (χ0) is 17.4. The number of thiophene rings is 1. The standard InChI is InChI=1S/C18H24N2O2S2/c1-4-22-14-7-9-15(10-8-14)24-13-18(21)19-12-16(20(2)3)17-6-5-11-23-17/h5-11,16H,4,12-13H2,1-3H3,(H,19,21). The van der Waals surface area contributed by atoms with Gasteiger partial charge in [0.15, 0.2) is 0 Å². The molecule has 6 heteroatoms. The molecule has 1 aromatic carbocycles. The van der Waals surface area contributed by atoms with Crippen molar-refractivity contribution in [3.05, 3.63) is 46.7 Å². The van der Waals surface area contributed by atoms with E-state index in [0.717, 1.165) is 10.6 Å². The molecule has 0 aliphatic heterocycles. The molecule has 0 saturated heterocycles. The van der Waals surface area contributed by atoms with Crippen LogP contribution in [-0.2, 0) is 4.79 Å². The third-order valence-corrected chi connectivity index (χ3v) is 5.48. The second-order valence-electron chi connectivity index (χ2n) is 5.49. The second-order valence-corrected chi connectivity index (χ2v) is 7.52. The van der Waals surface area contributed by atoms with Gasteiger partial charge < -0.3 is 15.0 Å². The summed E-state index contributed by atoms with van der Waals surface area (Å²) in [5.41, 5.74) is 0. The lowest BCUT2D eigenvalue weighted by Gasteiger charge is -2.23. The summed E-state index contributed by atoms with van der Waals surface area (Å²) < 4.78 is 5.42. The first-order valence-electron chi connectivity index (χ1n) is 7.92. The van der Waals surface area contributed by atoms with Crippen LogP contribution >= 0.6 is 23.1 Å². The monoisotopic (exact) mass is 364 g/mol. The van der Waals surface area contributed by atoms with Crippen LogP contribution < -0.4 is 10.1 Å². The fraction of sp³-hybridized carbons (Fsp3) is 0.389. The van der Waals surface area contributed by atoms with E-state index in [1.54, 1.807) is 11.3 Å². The number of carbonyl (C=O) groups is 1. The number of likely N-dealkylation sites (N-methyl/N-ethyl adjacent to an activating group) is 1. The number of nitrogens with zero attached hydrogens (tertiary/aromatic N) is 1. The number of ether oxygens (including phenoxy) is 1. The highest BCUT2D eigenvalue weighted by Crippen LogP contribution is 2.23. The average Bonchev–Trinajstić information content (AvgIpc) is 3.08. The predicted octanol–water partition coefficient (Wildman–Crippen LogP) is 3.66. The molecule has 1 N–H and O–H groups in total. The van der Waals surface area contributed by atoms with Crippen molar-refractivity contribution in [2.45, 2.75) is 17.9 Å². The normalized spacial score (nSPS) is 12.2. The van der Waals surface area contributed by atoms with Crippen LogP contribution in [0.15, 0.2) is 46.7 Å². The minimum absolute atomic E-state index is 0.0530. The molecule has 0 aliphatic carbocycles. The van der Waals surface area contributed by atoms with Gasteiger partial charge in [-0.2, -0.15) is 0 Å². The highest BCUT2D eigenvalue weighted by Gasteiger charge is 2.16. The van der Waals surface area contributed by atoms with Gasteiger partial charge in [0.2, 0.25) is 5.91 Å². The van der Waals surface area contributed by atoms with Gasteiger partial charge in [-0.15, -0.1) is 23.1 Å². The van der Waals surface area contributed by atoms with Gasteiger partial charge in [-0.3, -0.25) is 4.79 Å². The molecule has 0 radical (unpaired) electrons. The molecule has 24 heavy (non-hydrogen) atoms. The van der Waals surface area contributed by atoms with Crippen molar-refractivity contribution < 1.29 is 9.53 Å². The van der Waals surface area contributed by atoms with Gasteiger partial charge in [0.05, 0.1) is 18.4 Å². The summed E-state index contributed by atoms with van der Waals surface area (Å²) in [6, 6.07) is 12.2. The van der Waals surface area contributed by atoms with Crippen LogP contribution in [0.25, 0.3) is 0 Å². The van der Waals surface area contributed by atoms with Gasteiger partial charge in [-0.25, -0.2) is 0 Å². The molecule has 1 heterocycles. The van der Waals surface area contributed by atoms with E-state index in [0.29, 0.717) is 18.9 Å².